The van der Waals surface area contributed by atoms with Crippen LogP contribution in [0.2, 0.25) is 0 Å². The zero-order valence-corrected chi connectivity index (χ0v) is 12.5. The first kappa shape index (κ1) is 17.5. The lowest BCUT2D eigenvalue weighted by molar-refractivity contribution is -0.758. The molecule has 2 aromatic rings. The molecule has 0 radical (unpaired) electrons. The van der Waals surface area contributed by atoms with Crippen LogP contribution in [0.15, 0.2) is 42.6 Å². The molecular formula is C15H15ClN2O4. The lowest BCUT2D eigenvalue weighted by Gasteiger charge is -1.99. The summed E-state index contributed by atoms with van der Waals surface area (Å²) >= 11 is 0. The van der Waals surface area contributed by atoms with E-state index in [0.29, 0.717) is 11.4 Å². The predicted molar refractivity (Wildman–Crippen MR) is 74.8 cm³/mol. The molecule has 0 saturated heterocycles. The summed E-state index contributed by atoms with van der Waals surface area (Å²) in [5, 5.41) is 20.7. The molecule has 0 saturated carbocycles. The number of aromatic hydroxyl groups is 1. The van der Waals surface area contributed by atoms with E-state index in [1.54, 1.807) is 25.1 Å². The zero-order chi connectivity index (χ0) is 15.2. The summed E-state index contributed by atoms with van der Waals surface area (Å²) in [5.41, 5.74) is 2.45. The van der Waals surface area contributed by atoms with Crippen LogP contribution in [-0.4, -0.2) is 26.9 Å². The van der Waals surface area contributed by atoms with Gasteiger partial charge >= 0.3 is 5.97 Å². The number of hydrogen-bond donors (Lipinski definition) is 3. The number of nitrogens with zero attached hydrogens (tertiary/aromatic N) is 1. The van der Waals surface area contributed by atoms with Crippen LogP contribution in [-0.2, 0) is 11.4 Å². The van der Waals surface area contributed by atoms with Gasteiger partial charge in [0.25, 0.3) is 0 Å². The summed E-state index contributed by atoms with van der Waals surface area (Å²) in [6.45, 7) is 2.09. The Balaban J connectivity index is 0.00000242. The monoisotopic (exact) mass is 322 g/mol. The first-order valence-corrected chi connectivity index (χ1v) is 6.25. The first-order valence-electron chi connectivity index (χ1n) is 6.25. The van der Waals surface area contributed by atoms with E-state index >= 15 is 0 Å². The Morgan fingerprint density at radius 2 is 1.91 bits per heavy atom. The summed E-state index contributed by atoms with van der Waals surface area (Å²) in [6.07, 6.45) is 1.35. The van der Waals surface area contributed by atoms with Crippen molar-refractivity contribution in [2.75, 3.05) is 0 Å². The average molecular weight is 323 g/mol. The van der Waals surface area contributed by atoms with Gasteiger partial charge in [0.05, 0.1) is 11.8 Å². The molecule has 22 heavy (non-hydrogen) atoms. The number of carboxylic acid groups (broad SMARTS) is 1. The fourth-order valence-corrected chi connectivity index (χ4v) is 1.63. The van der Waals surface area contributed by atoms with Gasteiger partial charge in [0, 0.05) is 6.92 Å². The highest BCUT2D eigenvalue weighted by molar-refractivity contribution is 5.92. The van der Waals surface area contributed by atoms with Gasteiger partial charge in [0.1, 0.15) is 11.4 Å². The number of aromatic carboxylic acids is 1. The smallest absolute Gasteiger partial charge is 0.335 e. The van der Waals surface area contributed by atoms with Crippen LogP contribution < -0.4 is 17.6 Å². The molecule has 0 amide bonds. The fraction of sp³-hybridized carbons (Fsp3) is 0.133. The van der Waals surface area contributed by atoms with Gasteiger partial charge in [0.2, 0.25) is 5.71 Å². The first-order chi connectivity index (χ1) is 10.1. The summed E-state index contributed by atoms with van der Waals surface area (Å²) < 4.78 is 0. The third kappa shape index (κ3) is 4.75. The van der Waals surface area contributed by atoms with E-state index in [1.165, 1.54) is 24.4 Å². The summed E-state index contributed by atoms with van der Waals surface area (Å²) in [7, 11) is 0. The van der Waals surface area contributed by atoms with Crippen molar-refractivity contribution in [2.45, 2.75) is 13.5 Å². The Morgan fingerprint density at radius 1 is 1.23 bits per heavy atom. The van der Waals surface area contributed by atoms with E-state index in [0.717, 1.165) is 5.56 Å². The minimum Gasteiger partial charge on any atom is -1.00 e. The minimum atomic E-state index is -0.955. The van der Waals surface area contributed by atoms with E-state index in [4.69, 9.17) is 15.1 Å². The van der Waals surface area contributed by atoms with Crippen molar-refractivity contribution < 1.29 is 37.4 Å². The molecule has 7 heteroatoms. The molecule has 1 aromatic carbocycles. The van der Waals surface area contributed by atoms with E-state index in [2.05, 4.69) is 10.1 Å². The largest absolute Gasteiger partial charge is 1.00 e. The number of pyridine rings is 1. The third-order valence-corrected chi connectivity index (χ3v) is 2.80. The second-order valence-corrected chi connectivity index (χ2v) is 4.42. The van der Waals surface area contributed by atoms with E-state index in [9.17, 15) is 4.79 Å². The number of aromatic nitrogens is 1. The topological polar surface area (TPSA) is 93.6 Å². The molecule has 0 bridgehead atoms. The molecule has 0 unspecified atom stereocenters. The number of nitrogens with one attached hydrogen (secondary N) is 1. The van der Waals surface area contributed by atoms with Crippen LogP contribution >= 0.6 is 0 Å². The zero-order valence-electron chi connectivity index (χ0n) is 11.8. The predicted octanol–water partition coefficient (Wildman–Crippen LogP) is -2.49. The Morgan fingerprint density at radius 3 is 2.45 bits per heavy atom. The highest BCUT2D eigenvalue weighted by Gasteiger charge is 2.06. The number of hydrogen-bond acceptors (Lipinski definition) is 4. The van der Waals surface area contributed by atoms with Crippen molar-refractivity contribution in [3.05, 3.63) is 59.4 Å². The maximum atomic E-state index is 10.7. The normalized spacial score (nSPS) is 10.7. The van der Waals surface area contributed by atoms with Crippen LogP contribution in [0.5, 0.6) is 5.75 Å². The standard InChI is InChI=1S/C15H14N2O4.ClH/c1-10(14-7-6-13(18)8-16-14)17-21-9-11-2-4-12(5-3-11)15(19)20;/h2-8,18H,9H2,1H3,(H,19,20);1H. The Labute approximate surface area is 133 Å². The molecule has 0 spiro atoms. The summed E-state index contributed by atoms with van der Waals surface area (Å²) in [4.78, 5) is 20.1. The molecule has 0 aliphatic heterocycles. The van der Waals surface area contributed by atoms with Crippen molar-refractivity contribution in [3.63, 3.8) is 0 Å². The van der Waals surface area contributed by atoms with Crippen molar-refractivity contribution in [2.24, 2.45) is 0 Å². The second kappa shape index (κ2) is 7.99. The van der Waals surface area contributed by atoms with Gasteiger partial charge in [-0.2, -0.15) is 0 Å². The minimum absolute atomic E-state index is 0. The highest BCUT2D eigenvalue weighted by Crippen LogP contribution is 2.06. The van der Waals surface area contributed by atoms with Gasteiger partial charge in [-0.05, 0) is 35.0 Å². The van der Waals surface area contributed by atoms with E-state index < -0.39 is 5.97 Å². The molecule has 0 fully saturated rings. The van der Waals surface area contributed by atoms with Gasteiger partial charge in [-0.3, -0.25) is 4.84 Å². The molecule has 0 aliphatic carbocycles. The Bertz CT molecular complexity index is 654. The lowest BCUT2D eigenvalue weighted by Crippen LogP contribution is -3.00. The molecule has 3 N–H and O–H groups in total. The number of carbonyl (C=O) groups is 1. The Hall–Kier alpha value is -2.60. The molecule has 6 nitrogen and oxygen atoms in total. The number of rotatable bonds is 5. The van der Waals surface area contributed by atoms with E-state index in [1.807, 2.05) is 0 Å². The molecule has 0 atom stereocenters. The van der Waals surface area contributed by atoms with Crippen molar-refractivity contribution in [1.29, 1.82) is 0 Å². The molecule has 1 heterocycles. The van der Waals surface area contributed by atoms with Crippen LogP contribution in [0.4, 0.5) is 0 Å². The summed E-state index contributed by atoms with van der Waals surface area (Å²) in [5.74, 6) is -0.853. The summed E-state index contributed by atoms with van der Waals surface area (Å²) in [6, 6.07) is 9.65. The maximum Gasteiger partial charge on any atom is 0.335 e. The third-order valence-electron chi connectivity index (χ3n) is 2.80. The van der Waals surface area contributed by atoms with Gasteiger partial charge < -0.3 is 22.6 Å². The van der Waals surface area contributed by atoms with Crippen molar-refractivity contribution >= 4 is 11.7 Å². The SMILES string of the molecule is CC(=[NH+]OCc1ccc(C(=O)O)cc1)c1ccc(O)cn1.[Cl-]. The lowest BCUT2D eigenvalue weighted by atomic mass is 10.1. The number of benzene rings is 1. The quantitative estimate of drug-likeness (QED) is 0.418. The number of halogens is 1. The molecule has 2 rings (SSSR count). The fourth-order valence-electron chi connectivity index (χ4n) is 1.63. The Kier molecular flexibility index (Phi) is 6.34. The van der Waals surface area contributed by atoms with Crippen molar-refractivity contribution in [1.82, 2.24) is 4.98 Å². The maximum absolute atomic E-state index is 10.7. The second-order valence-electron chi connectivity index (χ2n) is 4.42. The van der Waals surface area contributed by atoms with Gasteiger partial charge in [0.15, 0.2) is 6.61 Å². The van der Waals surface area contributed by atoms with Gasteiger partial charge in [-0.25, -0.2) is 9.78 Å². The van der Waals surface area contributed by atoms with Crippen LogP contribution in [0.25, 0.3) is 0 Å². The molecule has 116 valence electrons. The van der Waals surface area contributed by atoms with Gasteiger partial charge in [-0.15, -0.1) is 0 Å². The molecular weight excluding hydrogens is 308 g/mol. The van der Waals surface area contributed by atoms with Crippen LogP contribution in [0.3, 0.4) is 0 Å². The van der Waals surface area contributed by atoms with Crippen LogP contribution in [0, 0.1) is 0 Å². The highest BCUT2D eigenvalue weighted by atomic mass is 35.5. The van der Waals surface area contributed by atoms with E-state index in [-0.39, 0.29) is 30.3 Å². The number of carboxylic acids is 1. The van der Waals surface area contributed by atoms with Gasteiger partial charge in [-0.1, -0.05) is 12.1 Å². The molecule has 1 aromatic heterocycles. The van der Waals surface area contributed by atoms with Crippen molar-refractivity contribution in [3.8, 4) is 5.75 Å². The average Bonchev–Trinajstić information content (AvgIpc) is 2.48. The molecule has 0 aliphatic rings. The van der Waals surface area contributed by atoms with Crippen LogP contribution in [0.1, 0.15) is 28.5 Å².